The van der Waals surface area contributed by atoms with Crippen molar-refractivity contribution in [2.24, 2.45) is 17.8 Å². The lowest BCUT2D eigenvalue weighted by Gasteiger charge is -2.51. The van der Waals surface area contributed by atoms with E-state index in [1.54, 1.807) is 77.9 Å². The highest BCUT2D eigenvalue weighted by atomic mass is 16.7. The second kappa shape index (κ2) is 24.7. The van der Waals surface area contributed by atoms with Gasteiger partial charge in [-0.2, -0.15) is 0 Å². The molecule has 0 bridgehead atoms. The van der Waals surface area contributed by atoms with Crippen molar-refractivity contribution in [1.29, 1.82) is 0 Å². The number of rotatable bonds is 14. The third-order valence-corrected chi connectivity index (χ3v) is 11.4. The summed E-state index contributed by atoms with van der Waals surface area (Å²) in [5.41, 5.74) is -1.53. The van der Waals surface area contributed by atoms with Crippen molar-refractivity contribution in [1.82, 2.24) is 4.90 Å². The number of aldehydes is 1. The summed E-state index contributed by atoms with van der Waals surface area (Å²) >= 11 is 0. The fourth-order valence-electron chi connectivity index (χ4n) is 8.41. The summed E-state index contributed by atoms with van der Waals surface area (Å²) in [5.74, 6) is -3.52. The van der Waals surface area contributed by atoms with Gasteiger partial charge in [-0.25, -0.2) is 0 Å². The highest BCUT2D eigenvalue weighted by Crippen LogP contribution is 2.38. The van der Waals surface area contributed by atoms with Crippen LogP contribution in [0, 0.1) is 17.8 Å². The molecule has 0 spiro atoms. The quantitative estimate of drug-likeness (QED) is 0.144. The number of hydrogen-bond acceptors (Lipinski definition) is 17. The maximum Gasteiger partial charge on any atom is 0.309 e. The summed E-state index contributed by atoms with van der Waals surface area (Å²) in [5, 5.41) is 22.8. The average Bonchev–Trinajstić information content (AvgIpc) is 3.15. The van der Waals surface area contributed by atoms with Gasteiger partial charge in [0.2, 0.25) is 0 Å². The third-order valence-electron chi connectivity index (χ3n) is 11.4. The topological polar surface area (TPSA) is 212 Å². The van der Waals surface area contributed by atoms with Gasteiger partial charge in [-0.15, -0.1) is 0 Å². The van der Waals surface area contributed by atoms with E-state index in [-0.39, 0.29) is 38.0 Å². The number of methoxy groups -OCH3 is 1. The molecule has 0 aliphatic carbocycles. The third kappa shape index (κ3) is 15.5. The lowest BCUT2D eigenvalue weighted by molar-refractivity contribution is -0.345. The molecular weight excluding hydrogens is 810 g/mol. The number of likely N-dealkylation sites (N-methyl/N-ethyl adjacent to an activating group) is 1. The Kier molecular flexibility index (Phi) is 21.1. The number of allylic oxidation sites excluding steroid dienone is 2. The second-order valence-corrected chi connectivity index (χ2v) is 17.8. The Morgan fingerprint density at radius 3 is 2.24 bits per heavy atom. The molecule has 16 unspecified atom stereocenters. The van der Waals surface area contributed by atoms with Gasteiger partial charge in [-0.3, -0.25) is 19.2 Å². The van der Waals surface area contributed by atoms with Crippen LogP contribution in [0.5, 0.6) is 0 Å². The Labute approximate surface area is 367 Å². The summed E-state index contributed by atoms with van der Waals surface area (Å²) in [4.78, 5) is 66.1. The van der Waals surface area contributed by atoms with E-state index in [9.17, 15) is 34.2 Å². The first kappa shape index (κ1) is 53.1. The maximum absolute atomic E-state index is 13.4. The van der Waals surface area contributed by atoms with Crippen LogP contribution in [0.15, 0.2) is 24.3 Å². The minimum Gasteiger partial charge on any atom is -0.462 e. The van der Waals surface area contributed by atoms with Crippen LogP contribution in [-0.2, 0) is 66.6 Å². The number of carbonyl (C=O) groups is 5. The van der Waals surface area contributed by atoms with Crippen LogP contribution in [0.4, 0.5) is 0 Å². The predicted octanol–water partition coefficient (Wildman–Crippen LogP) is 3.97. The van der Waals surface area contributed by atoms with Crippen molar-refractivity contribution in [3.05, 3.63) is 24.3 Å². The van der Waals surface area contributed by atoms with Gasteiger partial charge in [0.25, 0.3) is 0 Å². The van der Waals surface area contributed by atoms with E-state index in [4.69, 9.17) is 42.6 Å². The second-order valence-electron chi connectivity index (χ2n) is 17.8. The molecule has 62 heavy (non-hydrogen) atoms. The number of aliphatic hydroxyl groups is 2. The molecule has 17 nitrogen and oxygen atoms in total. The molecule has 0 amide bonds. The van der Waals surface area contributed by atoms with E-state index >= 15 is 0 Å². The molecule has 3 aliphatic rings. The number of aliphatic hydroxyl groups excluding tert-OH is 1. The summed E-state index contributed by atoms with van der Waals surface area (Å²) < 4.78 is 55.5. The molecular formula is C45H73NO16. The van der Waals surface area contributed by atoms with Gasteiger partial charge >= 0.3 is 23.9 Å². The standard InChI is InChI=1S/C45H73NO16/c1-13-34(50)59-42-38(46(10)11)39(61-37-24-45(9,53)43(29(7)56-37)60-35(51)21-25(2)3)28(6)57-44(42)62-40-31(19-20-47)22-26(4)32(49)18-16-14-15-17-27(5)55-36(52)23-33(41(40)54-12)58-30(8)48/h14-16,18,20,25-29,31-33,37-44,49,53H,13,17,19,21-24H2,1-12H3/b15-14+,18-16-. The van der Waals surface area contributed by atoms with E-state index in [1.165, 1.54) is 14.0 Å². The zero-order valence-corrected chi connectivity index (χ0v) is 38.6. The molecule has 354 valence electrons. The smallest absolute Gasteiger partial charge is 0.309 e. The molecule has 16 atom stereocenters. The van der Waals surface area contributed by atoms with Crippen LogP contribution in [-0.4, -0.2) is 152 Å². The minimum absolute atomic E-state index is 0.00145. The Hall–Kier alpha value is -3.29. The fourth-order valence-corrected chi connectivity index (χ4v) is 8.41. The fraction of sp³-hybridized carbons (Fsp3) is 0.800. The Bertz CT molecular complexity index is 1520. The number of ether oxygens (including phenoxy) is 9. The molecule has 2 N–H and O–H groups in total. The number of hydrogen-bond donors (Lipinski definition) is 2. The monoisotopic (exact) mass is 883 g/mol. The number of cyclic esters (lactones) is 1. The molecule has 0 aromatic rings. The van der Waals surface area contributed by atoms with Crippen LogP contribution < -0.4 is 0 Å². The number of nitrogens with zero attached hydrogens (tertiary/aromatic N) is 1. The van der Waals surface area contributed by atoms with Crippen molar-refractivity contribution in [2.45, 2.75) is 193 Å². The summed E-state index contributed by atoms with van der Waals surface area (Å²) in [7, 11) is 4.89. The van der Waals surface area contributed by atoms with E-state index in [0.717, 1.165) is 0 Å². The van der Waals surface area contributed by atoms with Gasteiger partial charge in [-0.05, 0) is 66.0 Å². The van der Waals surface area contributed by atoms with E-state index in [0.29, 0.717) is 12.7 Å². The van der Waals surface area contributed by atoms with Crippen LogP contribution >= 0.6 is 0 Å². The molecule has 0 aromatic carbocycles. The zero-order valence-electron chi connectivity index (χ0n) is 38.6. The molecule has 17 heteroatoms. The van der Waals surface area contributed by atoms with E-state index in [2.05, 4.69) is 0 Å². The van der Waals surface area contributed by atoms with Crippen LogP contribution in [0.2, 0.25) is 0 Å². The van der Waals surface area contributed by atoms with Gasteiger partial charge < -0.3 is 62.5 Å². The maximum atomic E-state index is 13.4. The van der Waals surface area contributed by atoms with Crippen molar-refractivity contribution >= 4 is 30.2 Å². The molecule has 2 fully saturated rings. The molecule has 3 aliphatic heterocycles. The normalized spacial score (nSPS) is 38.7. The Balaban J connectivity index is 2.10. The van der Waals surface area contributed by atoms with Crippen molar-refractivity contribution in [3.63, 3.8) is 0 Å². The van der Waals surface area contributed by atoms with E-state index < -0.39 is 127 Å². The average molecular weight is 884 g/mol. The molecule has 2 saturated heterocycles. The largest absolute Gasteiger partial charge is 0.462 e. The van der Waals surface area contributed by atoms with Crippen molar-refractivity contribution in [2.75, 3.05) is 21.2 Å². The van der Waals surface area contributed by atoms with E-state index in [1.807, 2.05) is 20.8 Å². The zero-order chi connectivity index (χ0) is 46.5. The number of carbonyl (C=O) groups excluding carboxylic acids is 5. The van der Waals surface area contributed by atoms with Gasteiger partial charge in [-0.1, -0.05) is 52.0 Å². The minimum atomic E-state index is -1.53. The summed E-state index contributed by atoms with van der Waals surface area (Å²) in [6, 6.07) is -0.777. The summed E-state index contributed by atoms with van der Waals surface area (Å²) in [6.45, 7) is 15.1. The first-order chi connectivity index (χ1) is 29.1. The molecule has 0 aromatic heterocycles. The first-order valence-corrected chi connectivity index (χ1v) is 21.9. The molecule has 0 radical (unpaired) electrons. The van der Waals surface area contributed by atoms with Crippen LogP contribution in [0.1, 0.15) is 107 Å². The van der Waals surface area contributed by atoms with Gasteiger partial charge in [0.15, 0.2) is 24.8 Å². The highest BCUT2D eigenvalue weighted by molar-refractivity contribution is 5.72. The van der Waals surface area contributed by atoms with Gasteiger partial charge in [0.1, 0.15) is 36.3 Å². The van der Waals surface area contributed by atoms with Crippen LogP contribution in [0.3, 0.4) is 0 Å². The number of esters is 4. The van der Waals surface area contributed by atoms with Gasteiger partial charge in [0, 0.05) is 46.1 Å². The van der Waals surface area contributed by atoms with Crippen molar-refractivity contribution < 1.29 is 76.8 Å². The summed E-state index contributed by atoms with van der Waals surface area (Å²) in [6.07, 6.45) is -4.36. The van der Waals surface area contributed by atoms with Crippen molar-refractivity contribution in [3.8, 4) is 0 Å². The Morgan fingerprint density at radius 2 is 1.66 bits per heavy atom. The first-order valence-electron chi connectivity index (χ1n) is 21.9. The predicted molar refractivity (Wildman–Crippen MR) is 224 cm³/mol. The molecule has 3 heterocycles. The highest BCUT2D eigenvalue weighted by Gasteiger charge is 2.54. The lowest BCUT2D eigenvalue weighted by Crippen LogP contribution is -2.66. The Morgan fingerprint density at radius 1 is 0.968 bits per heavy atom. The SMILES string of the molecule is CCC(=O)OC1C(OC2C(CC=O)CC(C)C(O)/C=C\C=C\CC(C)OC(=O)CC(OC(C)=O)C2OC)OC(C)C(OC2CC(C)(O)C(OC(=O)CC(C)C)C(C)O2)C1N(C)C. The molecule has 0 saturated carbocycles. The lowest BCUT2D eigenvalue weighted by atomic mass is 9.82. The molecule has 3 rings (SSSR count). The van der Waals surface area contributed by atoms with Gasteiger partial charge in [0.05, 0.1) is 36.9 Å². The van der Waals surface area contributed by atoms with Crippen LogP contribution in [0.25, 0.3) is 0 Å².